The second-order valence-electron chi connectivity index (χ2n) is 10.6. The van der Waals surface area contributed by atoms with Crippen molar-refractivity contribution < 1.29 is 13.3 Å². The molecule has 0 nitrogen and oxygen atoms in total. The van der Waals surface area contributed by atoms with Crippen molar-refractivity contribution in [2.45, 2.75) is 79.4 Å². The number of hydrogen-bond donors (Lipinski definition) is 0. The van der Waals surface area contributed by atoms with Crippen LogP contribution in [0, 0.1) is 0 Å². The van der Waals surface area contributed by atoms with Crippen LogP contribution in [0.1, 0.15) is 34.1 Å². The van der Waals surface area contributed by atoms with E-state index < -0.39 is 18.9 Å². The molecule has 0 aromatic heterocycles. The third-order valence-electron chi connectivity index (χ3n) is 6.73. The van der Waals surface area contributed by atoms with Gasteiger partial charge in [0.25, 0.3) is 0 Å². The van der Waals surface area contributed by atoms with Crippen molar-refractivity contribution in [3.05, 3.63) is 22.1 Å². The minimum absolute atomic E-state index is 0.130. The van der Waals surface area contributed by atoms with E-state index in [1.54, 1.807) is 0 Å². The molecule has 0 saturated carbocycles. The average molecular weight is 348 g/mol. The van der Waals surface area contributed by atoms with Gasteiger partial charge in [-0.05, 0) is 0 Å². The molecule has 0 bridgehead atoms. The SMILES string of the molecule is CC(C)P(C(C)C)[Si](C)(C)[Ti]([CH3])([CH3])([CH3])([CH3])[C]1=CC=CC1. The first kappa shape index (κ1) is 18.9. The molecule has 0 saturated heterocycles. The summed E-state index contributed by atoms with van der Waals surface area (Å²) in [4.78, 5) is 0. The van der Waals surface area contributed by atoms with E-state index in [0.29, 0.717) is 0 Å². The van der Waals surface area contributed by atoms with Crippen LogP contribution in [0.15, 0.2) is 22.1 Å². The van der Waals surface area contributed by atoms with Gasteiger partial charge in [-0.2, -0.15) is 0 Å². The zero-order valence-corrected chi connectivity index (χ0v) is 19.0. The third kappa shape index (κ3) is 2.73. The van der Waals surface area contributed by atoms with Crippen LogP contribution < -0.4 is 0 Å². The first-order valence-electron chi connectivity index (χ1n) is 8.27. The van der Waals surface area contributed by atoms with Gasteiger partial charge >= 0.3 is 128 Å². The standard InChI is InChI=1S/C8H20PSi.C5H5.4CH3.Ti/c1-7(2)9(8(3)4)10(5)6;1-2-4-5-3-1;;;;;/h7-8H,1-6H3;1-3H,4H2;4*1H3;. The number of hydrogen-bond acceptors (Lipinski definition) is 0. The molecule has 0 unspecified atom stereocenters. The fraction of sp³-hybridized carbons (Fsp3) is 0.765. The number of rotatable bonds is 5. The summed E-state index contributed by atoms with van der Waals surface area (Å²) in [7, 11) is 0.130. The van der Waals surface area contributed by atoms with Crippen molar-refractivity contribution in [1.29, 1.82) is 0 Å². The Morgan fingerprint density at radius 3 is 1.75 bits per heavy atom. The van der Waals surface area contributed by atoms with Gasteiger partial charge in [0, 0.05) is 0 Å². The van der Waals surface area contributed by atoms with E-state index >= 15 is 0 Å². The van der Waals surface area contributed by atoms with Crippen LogP contribution in [0.2, 0.25) is 34.0 Å². The van der Waals surface area contributed by atoms with Crippen molar-refractivity contribution in [3.8, 4) is 0 Å². The topological polar surface area (TPSA) is 0 Å². The molecule has 20 heavy (non-hydrogen) atoms. The summed E-state index contributed by atoms with van der Waals surface area (Å²) in [6, 6.07) is 0. The minimum atomic E-state index is -3.12. The van der Waals surface area contributed by atoms with Crippen LogP contribution in [0.25, 0.3) is 0 Å². The van der Waals surface area contributed by atoms with E-state index in [2.05, 4.69) is 79.9 Å². The van der Waals surface area contributed by atoms with E-state index in [-0.39, 0.29) is 7.47 Å². The molecule has 118 valence electrons. The maximum atomic E-state index is 2.74. The molecular weight excluding hydrogens is 311 g/mol. The molecule has 1 aliphatic carbocycles. The molecule has 3 heteroatoms. The van der Waals surface area contributed by atoms with Gasteiger partial charge in [-0.3, -0.25) is 0 Å². The van der Waals surface area contributed by atoms with Crippen molar-refractivity contribution in [1.82, 2.24) is 0 Å². The summed E-state index contributed by atoms with van der Waals surface area (Å²) in [6.07, 6.45) is 8.38. The molecule has 1 rings (SSSR count). The molecule has 0 aromatic rings. The fourth-order valence-electron chi connectivity index (χ4n) is 4.14. The van der Waals surface area contributed by atoms with Gasteiger partial charge in [-0.25, -0.2) is 0 Å². The van der Waals surface area contributed by atoms with E-state index in [0.717, 1.165) is 11.3 Å². The van der Waals surface area contributed by atoms with Crippen molar-refractivity contribution in [2.75, 3.05) is 0 Å². The van der Waals surface area contributed by atoms with E-state index in [4.69, 9.17) is 0 Å². The Kier molecular flexibility index (Phi) is 4.65. The summed E-state index contributed by atoms with van der Waals surface area (Å²) in [5, 5.41) is 11.0. The van der Waals surface area contributed by atoms with Gasteiger partial charge in [0.2, 0.25) is 0 Å². The predicted molar refractivity (Wildman–Crippen MR) is 100.0 cm³/mol. The zero-order chi connectivity index (χ0) is 16.0. The monoisotopic (exact) mass is 348 g/mol. The summed E-state index contributed by atoms with van der Waals surface area (Å²) in [5.74, 6) is 0. The molecule has 0 spiro atoms. The summed E-state index contributed by atoms with van der Waals surface area (Å²) in [6.45, 7) is 15.4. The van der Waals surface area contributed by atoms with Crippen LogP contribution in [0.5, 0.6) is 0 Å². The molecule has 0 atom stereocenters. The molecule has 0 radical (unpaired) electrons. The molecule has 0 N–H and O–H groups in total. The van der Waals surface area contributed by atoms with E-state index in [1.165, 1.54) is 6.42 Å². The first-order chi connectivity index (χ1) is 8.65. The Bertz CT molecular complexity index is 440. The second kappa shape index (κ2) is 4.92. The molecule has 0 amide bonds. The summed E-state index contributed by atoms with van der Waals surface area (Å²) in [5.41, 5.74) is 0.367. The van der Waals surface area contributed by atoms with E-state index in [9.17, 15) is 0 Å². The fourth-order valence-corrected chi connectivity index (χ4v) is 53.8. The Labute approximate surface area is 127 Å². The zero-order valence-electron chi connectivity index (χ0n) is 15.5. The van der Waals surface area contributed by atoms with Gasteiger partial charge in [0.15, 0.2) is 0 Å². The molecule has 0 aromatic carbocycles. The maximum absolute atomic E-state index is 3.12. The predicted octanol–water partition coefficient (Wildman–Crippen LogP) is 7.25. The Hall–Kier alpha value is 0.841. The van der Waals surface area contributed by atoms with Gasteiger partial charge in [0.05, 0.1) is 0 Å². The van der Waals surface area contributed by atoms with Crippen LogP contribution in [-0.2, 0) is 13.3 Å². The van der Waals surface area contributed by atoms with Crippen LogP contribution in [0.3, 0.4) is 0 Å². The summed E-state index contributed by atoms with van der Waals surface area (Å²) >= 11 is -3.12. The molecular formula is C17H37PSiTi. The molecule has 1 aliphatic rings. The van der Waals surface area contributed by atoms with Crippen molar-refractivity contribution in [3.63, 3.8) is 0 Å². The normalized spacial score (nSPS) is 20.6. The van der Waals surface area contributed by atoms with Crippen LogP contribution in [-0.4, -0.2) is 16.9 Å². The quantitative estimate of drug-likeness (QED) is 0.362. The van der Waals surface area contributed by atoms with Crippen molar-refractivity contribution >= 4 is 13.1 Å². The third-order valence-corrected chi connectivity index (χ3v) is 71.0. The van der Waals surface area contributed by atoms with Crippen LogP contribution >= 0.6 is 7.47 Å². The van der Waals surface area contributed by atoms with Crippen molar-refractivity contribution in [2.24, 2.45) is 0 Å². The van der Waals surface area contributed by atoms with Gasteiger partial charge < -0.3 is 0 Å². The molecule has 0 heterocycles. The van der Waals surface area contributed by atoms with Gasteiger partial charge in [-0.15, -0.1) is 0 Å². The second-order valence-corrected chi connectivity index (χ2v) is 55.6. The van der Waals surface area contributed by atoms with Crippen LogP contribution in [0.4, 0.5) is 0 Å². The number of allylic oxidation sites excluding steroid dienone is 4. The Morgan fingerprint density at radius 1 is 1.00 bits per heavy atom. The first-order valence-corrected chi connectivity index (χ1v) is 23.0. The van der Waals surface area contributed by atoms with E-state index in [1.807, 2.05) is 3.88 Å². The molecule has 0 fully saturated rings. The average Bonchev–Trinajstić information content (AvgIpc) is 2.65. The van der Waals surface area contributed by atoms with Gasteiger partial charge in [-0.1, -0.05) is 0 Å². The summed E-state index contributed by atoms with van der Waals surface area (Å²) < 4.78 is 1.83. The van der Waals surface area contributed by atoms with Gasteiger partial charge in [0.1, 0.15) is 0 Å². The Balaban J connectivity index is 3.50. The molecule has 0 aliphatic heterocycles. The Morgan fingerprint density at radius 2 is 1.45 bits per heavy atom.